The van der Waals surface area contributed by atoms with Gasteiger partial charge in [-0.3, -0.25) is 4.68 Å². The largest absolute Gasteiger partial charge is 0.494 e. The molecule has 11 heteroatoms. The lowest BCUT2D eigenvalue weighted by molar-refractivity contribution is 0.108. The summed E-state index contributed by atoms with van der Waals surface area (Å²) in [6.45, 7) is 4.41. The Morgan fingerprint density at radius 3 is 2.62 bits per heavy atom. The summed E-state index contributed by atoms with van der Waals surface area (Å²) in [7, 11) is 0. The molecule has 1 aliphatic heterocycles. The van der Waals surface area contributed by atoms with E-state index in [1.165, 1.54) is 12.1 Å². The minimum atomic E-state index is -0.701. The number of hydrogen-bond donors (Lipinski definition) is 1. The summed E-state index contributed by atoms with van der Waals surface area (Å²) in [6, 6.07) is 13.5. The lowest BCUT2D eigenvalue weighted by atomic mass is 10.1. The highest BCUT2D eigenvalue weighted by molar-refractivity contribution is 5.91. The van der Waals surface area contributed by atoms with Crippen molar-refractivity contribution in [1.82, 2.24) is 29.7 Å². The molecule has 0 bridgehead atoms. The predicted octanol–water partition coefficient (Wildman–Crippen LogP) is 5.91. The van der Waals surface area contributed by atoms with Gasteiger partial charge in [-0.2, -0.15) is 5.10 Å². The second-order valence-corrected chi connectivity index (χ2v) is 9.44. The van der Waals surface area contributed by atoms with E-state index in [1.807, 2.05) is 37.3 Å². The Kier molecular flexibility index (Phi) is 7.04. The normalized spacial score (nSPS) is 15.1. The topological polar surface area (TPSA) is 99.9 Å². The van der Waals surface area contributed by atoms with Crippen LogP contribution in [0.1, 0.15) is 43.0 Å². The van der Waals surface area contributed by atoms with Crippen LogP contribution >= 0.6 is 0 Å². The Morgan fingerprint density at radius 2 is 1.88 bits per heavy atom. The molecule has 0 spiro atoms. The fourth-order valence-electron chi connectivity index (χ4n) is 4.81. The Balaban J connectivity index is 1.43. The highest BCUT2D eigenvalue weighted by atomic mass is 19.1. The Bertz CT molecular complexity index is 1660. The van der Waals surface area contributed by atoms with Crippen LogP contribution in [0.3, 0.4) is 0 Å². The number of aromatic nitrogens is 6. The number of hydrogen-bond acceptors (Lipinski definition) is 8. The number of ether oxygens (including phenoxy) is 2. The molecule has 1 atom stereocenters. The smallest absolute Gasteiger partial charge is 0.183 e. The highest BCUT2D eigenvalue weighted by Crippen LogP contribution is 2.33. The number of benzene rings is 2. The molecule has 9 nitrogen and oxygen atoms in total. The molecule has 3 aromatic heterocycles. The molecule has 204 valence electrons. The molecular weight excluding hydrogens is 516 g/mol. The van der Waals surface area contributed by atoms with Crippen molar-refractivity contribution < 1.29 is 18.3 Å². The highest BCUT2D eigenvalue weighted by Gasteiger charge is 2.24. The summed E-state index contributed by atoms with van der Waals surface area (Å²) in [6.07, 6.45) is 3.28. The number of para-hydroxylation sites is 1. The molecule has 2 aromatic carbocycles. The second-order valence-electron chi connectivity index (χ2n) is 9.44. The van der Waals surface area contributed by atoms with Crippen molar-refractivity contribution >= 4 is 22.5 Å². The van der Waals surface area contributed by atoms with E-state index in [-0.39, 0.29) is 24.0 Å². The standard InChI is InChI=1S/C29H27F2N7O2/c1-3-39-18-13-21(30)20(22(31)14-18)16-38-24-8-5-4-7-19(24)28(37-38)29-34-23(25-9-6-12-40-25)15-27(36-29)35-26-10-11-32-17(2)33-26/h4-5,7-8,10-11,13-15,25H,3,6,9,12,16H2,1-2H3,(H,32,33,34,35,36). The fourth-order valence-corrected chi connectivity index (χ4v) is 4.81. The molecular formula is C29H27F2N7O2. The minimum Gasteiger partial charge on any atom is -0.494 e. The van der Waals surface area contributed by atoms with E-state index >= 15 is 0 Å². The summed E-state index contributed by atoms with van der Waals surface area (Å²) in [5.74, 6) is 0.843. The molecule has 1 unspecified atom stereocenters. The molecule has 1 N–H and O–H groups in total. The van der Waals surface area contributed by atoms with Crippen molar-refractivity contribution in [2.45, 2.75) is 39.3 Å². The van der Waals surface area contributed by atoms with E-state index < -0.39 is 11.6 Å². The van der Waals surface area contributed by atoms with E-state index in [4.69, 9.17) is 24.5 Å². The van der Waals surface area contributed by atoms with E-state index in [0.29, 0.717) is 47.7 Å². The van der Waals surface area contributed by atoms with E-state index in [1.54, 1.807) is 23.9 Å². The molecule has 1 aliphatic rings. The molecule has 0 aliphatic carbocycles. The van der Waals surface area contributed by atoms with Gasteiger partial charge in [0.25, 0.3) is 0 Å². The van der Waals surface area contributed by atoms with Gasteiger partial charge in [-0.05, 0) is 38.8 Å². The Morgan fingerprint density at radius 1 is 1.05 bits per heavy atom. The average molecular weight is 544 g/mol. The maximum absolute atomic E-state index is 14.9. The van der Waals surface area contributed by atoms with Crippen molar-refractivity contribution in [3.8, 4) is 17.3 Å². The zero-order valence-electron chi connectivity index (χ0n) is 22.1. The first-order chi connectivity index (χ1) is 19.5. The number of aryl methyl sites for hydroxylation is 1. The van der Waals surface area contributed by atoms with Crippen LogP contribution in [0.2, 0.25) is 0 Å². The van der Waals surface area contributed by atoms with Crippen LogP contribution in [0.15, 0.2) is 54.7 Å². The molecule has 40 heavy (non-hydrogen) atoms. The van der Waals surface area contributed by atoms with Crippen LogP contribution in [0.5, 0.6) is 5.75 Å². The van der Waals surface area contributed by atoms with Crippen LogP contribution in [0.4, 0.5) is 20.4 Å². The van der Waals surface area contributed by atoms with Crippen LogP contribution in [-0.2, 0) is 11.3 Å². The van der Waals surface area contributed by atoms with Gasteiger partial charge in [0.2, 0.25) is 0 Å². The van der Waals surface area contributed by atoms with Gasteiger partial charge in [0, 0.05) is 42.0 Å². The Labute approximate surface area is 229 Å². The number of nitrogens with zero attached hydrogens (tertiary/aromatic N) is 6. The lowest BCUT2D eigenvalue weighted by Gasteiger charge is -2.13. The van der Waals surface area contributed by atoms with Gasteiger partial charge >= 0.3 is 0 Å². The summed E-state index contributed by atoms with van der Waals surface area (Å²) < 4.78 is 42.6. The van der Waals surface area contributed by atoms with Crippen molar-refractivity contribution in [2.24, 2.45) is 0 Å². The molecule has 5 aromatic rings. The quantitative estimate of drug-likeness (QED) is 0.258. The van der Waals surface area contributed by atoms with Gasteiger partial charge in [-0.25, -0.2) is 28.7 Å². The summed E-state index contributed by atoms with van der Waals surface area (Å²) in [5, 5.41) is 8.75. The third-order valence-corrected chi connectivity index (χ3v) is 6.64. The maximum atomic E-state index is 14.9. The third kappa shape index (κ3) is 5.20. The molecule has 6 rings (SSSR count). The summed E-state index contributed by atoms with van der Waals surface area (Å²) >= 11 is 0. The Hall–Kier alpha value is -4.51. The first-order valence-electron chi connectivity index (χ1n) is 13.1. The zero-order chi connectivity index (χ0) is 27.6. The van der Waals surface area contributed by atoms with Crippen LogP contribution in [0, 0.1) is 18.6 Å². The van der Waals surface area contributed by atoms with Gasteiger partial charge in [-0.1, -0.05) is 18.2 Å². The number of halogens is 2. The summed E-state index contributed by atoms with van der Waals surface area (Å²) in [5.41, 5.74) is 1.79. The number of anilines is 2. The van der Waals surface area contributed by atoms with Gasteiger partial charge in [0.15, 0.2) is 5.82 Å². The zero-order valence-corrected chi connectivity index (χ0v) is 22.1. The lowest BCUT2D eigenvalue weighted by Crippen LogP contribution is -2.08. The monoisotopic (exact) mass is 543 g/mol. The van der Waals surface area contributed by atoms with Crippen LogP contribution < -0.4 is 10.1 Å². The number of nitrogens with one attached hydrogen (secondary N) is 1. The molecule has 4 heterocycles. The van der Waals surface area contributed by atoms with Crippen molar-refractivity contribution in [2.75, 3.05) is 18.5 Å². The van der Waals surface area contributed by atoms with Gasteiger partial charge in [-0.15, -0.1) is 0 Å². The van der Waals surface area contributed by atoms with E-state index in [9.17, 15) is 8.78 Å². The van der Waals surface area contributed by atoms with E-state index in [2.05, 4.69) is 15.3 Å². The molecule has 1 saturated heterocycles. The summed E-state index contributed by atoms with van der Waals surface area (Å²) in [4.78, 5) is 18.2. The second kappa shape index (κ2) is 10.9. The fraction of sp³-hybridized carbons (Fsp3) is 0.276. The molecule has 0 radical (unpaired) electrons. The van der Waals surface area contributed by atoms with Crippen LogP contribution in [0.25, 0.3) is 22.4 Å². The first-order valence-corrected chi connectivity index (χ1v) is 13.1. The predicted molar refractivity (Wildman–Crippen MR) is 145 cm³/mol. The number of fused-ring (bicyclic) bond motifs is 1. The third-order valence-electron chi connectivity index (χ3n) is 6.64. The van der Waals surface area contributed by atoms with Crippen molar-refractivity contribution in [3.63, 3.8) is 0 Å². The van der Waals surface area contributed by atoms with Gasteiger partial charge < -0.3 is 14.8 Å². The average Bonchev–Trinajstić information content (AvgIpc) is 3.60. The van der Waals surface area contributed by atoms with Crippen LogP contribution in [-0.4, -0.2) is 42.9 Å². The maximum Gasteiger partial charge on any atom is 0.183 e. The van der Waals surface area contributed by atoms with Crippen molar-refractivity contribution in [3.05, 3.63) is 83.4 Å². The van der Waals surface area contributed by atoms with E-state index in [0.717, 1.165) is 23.9 Å². The molecule has 0 saturated carbocycles. The van der Waals surface area contributed by atoms with Crippen molar-refractivity contribution in [1.29, 1.82) is 0 Å². The minimum absolute atomic E-state index is 0.112. The SMILES string of the molecule is CCOc1cc(F)c(Cn2nc(-c3nc(Nc4ccnc(C)n4)cc(C4CCCO4)n3)c3ccccc32)c(F)c1. The van der Waals surface area contributed by atoms with Gasteiger partial charge in [0.1, 0.15) is 40.5 Å². The first kappa shape index (κ1) is 25.8. The molecule has 1 fully saturated rings. The molecule has 0 amide bonds. The van der Waals surface area contributed by atoms with Gasteiger partial charge in [0.05, 0.1) is 30.5 Å². The number of rotatable bonds is 8.